The highest BCUT2D eigenvalue weighted by Crippen LogP contribution is 2.51. The van der Waals surface area contributed by atoms with Gasteiger partial charge in [-0.05, 0) is 49.3 Å². The Balaban J connectivity index is 1.35. The number of nitrogens with zero attached hydrogens (tertiary/aromatic N) is 4. The minimum absolute atomic E-state index is 0.00568. The average molecular weight is 618 g/mol. The summed E-state index contributed by atoms with van der Waals surface area (Å²) in [4.78, 5) is 37.7. The van der Waals surface area contributed by atoms with Crippen molar-refractivity contribution in [2.75, 3.05) is 39.3 Å². The van der Waals surface area contributed by atoms with Gasteiger partial charge in [0, 0.05) is 49.5 Å². The lowest BCUT2D eigenvalue weighted by Crippen LogP contribution is -2.43. The Morgan fingerprint density at radius 3 is 2.72 bits per heavy atom. The molecular weight excluding hydrogens is 583 g/mol. The highest BCUT2D eigenvalue weighted by atomic mass is 32.1. The Hall–Kier alpha value is -3.29. The van der Waals surface area contributed by atoms with Crippen LogP contribution in [0.15, 0.2) is 46.0 Å². The fraction of sp³-hybridized carbons (Fsp3) is 0.533. The van der Waals surface area contributed by atoms with E-state index >= 15 is 8.78 Å². The van der Waals surface area contributed by atoms with E-state index in [0.29, 0.717) is 40.8 Å². The number of likely N-dealkylation sites (tertiary alicyclic amines) is 2. The number of ether oxygens (including phenoxy) is 1. The molecule has 0 bridgehead atoms. The summed E-state index contributed by atoms with van der Waals surface area (Å²) in [6.07, 6.45) is 3.22. The van der Waals surface area contributed by atoms with Gasteiger partial charge in [-0.15, -0.1) is 11.3 Å². The first-order chi connectivity index (χ1) is 20.5. The fourth-order valence-corrected chi connectivity index (χ4v) is 7.38. The van der Waals surface area contributed by atoms with E-state index < -0.39 is 48.2 Å². The van der Waals surface area contributed by atoms with Gasteiger partial charge >= 0.3 is 11.9 Å². The molecule has 0 amide bonds. The second-order valence-corrected chi connectivity index (χ2v) is 12.9. The molecule has 1 saturated carbocycles. The molecule has 9 nitrogen and oxygen atoms in total. The average Bonchev–Trinajstić information content (AvgIpc) is 3.29. The number of benzene rings is 1. The molecule has 43 heavy (non-hydrogen) atoms. The number of alkyl halides is 2. The zero-order valence-corrected chi connectivity index (χ0v) is 24.8. The number of aliphatic imine (C=N–C) groups is 1. The molecular formula is C30H34F3N5O4S. The molecule has 230 valence electrons. The number of rotatable bonds is 10. The first-order valence-electron chi connectivity index (χ1n) is 14.5. The third-order valence-corrected chi connectivity index (χ3v) is 9.83. The molecule has 0 radical (unpaired) electrons. The number of carboxylic acids is 1. The Kier molecular flexibility index (Phi) is 7.84. The number of carbonyl (C=O) groups excluding carboxylic acids is 1. The number of carbonyl (C=O) groups is 2. The van der Waals surface area contributed by atoms with E-state index in [1.165, 1.54) is 17.4 Å². The maximum atomic E-state index is 15.5. The number of hydrogen-bond acceptors (Lipinski definition) is 9. The normalized spacial score (nSPS) is 26.2. The lowest BCUT2D eigenvalue weighted by atomic mass is 9.92. The van der Waals surface area contributed by atoms with E-state index in [2.05, 4.69) is 10.3 Å². The van der Waals surface area contributed by atoms with Crippen LogP contribution in [0.5, 0.6) is 0 Å². The third-order valence-electron chi connectivity index (χ3n) is 9.05. The van der Waals surface area contributed by atoms with Gasteiger partial charge in [0.05, 0.1) is 31.1 Å². The number of nitrogens with one attached hydrogen (secondary N) is 1. The fourth-order valence-electron chi connectivity index (χ4n) is 6.79. The summed E-state index contributed by atoms with van der Waals surface area (Å²) in [7, 11) is 0. The Morgan fingerprint density at radius 2 is 2.05 bits per heavy atom. The summed E-state index contributed by atoms with van der Waals surface area (Å²) in [5.74, 6) is -5.49. The molecule has 1 aliphatic carbocycles. The van der Waals surface area contributed by atoms with Crippen molar-refractivity contribution in [3.63, 3.8) is 0 Å². The van der Waals surface area contributed by atoms with Gasteiger partial charge in [0.1, 0.15) is 11.9 Å². The van der Waals surface area contributed by atoms with E-state index in [0.717, 1.165) is 12.8 Å². The molecule has 3 fully saturated rings. The summed E-state index contributed by atoms with van der Waals surface area (Å²) in [5, 5.41) is 14.9. The second-order valence-electron chi connectivity index (χ2n) is 12.0. The number of carboxylic acid groups (broad SMARTS) is 1. The van der Waals surface area contributed by atoms with Gasteiger partial charge in [0.25, 0.3) is 5.92 Å². The van der Waals surface area contributed by atoms with Gasteiger partial charge in [-0.25, -0.2) is 22.9 Å². The Bertz CT molecular complexity index is 1480. The van der Waals surface area contributed by atoms with Crippen molar-refractivity contribution in [1.82, 2.24) is 20.1 Å². The standard InChI is InChI=1S/C30H34F3N5O4S/c1-3-42-28(41)24-21(35-26(27-34-9-10-43-27)36-25(24)18-5-4-6-20(31)17(18)2)13-38-16-30(32,33)19-12-37(14-22(19)38)15-29(7-8-29)11-23(39)40/h4-6,9-10,19,22,25H,3,7-8,11-16H2,1-2H3,(H,35,36)(H,39,40)/t19?,22?,25-/m0/s1. The summed E-state index contributed by atoms with van der Waals surface area (Å²) >= 11 is 1.33. The van der Waals surface area contributed by atoms with Gasteiger partial charge in [0.15, 0.2) is 10.8 Å². The van der Waals surface area contributed by atoms with Crippen molar-refractivity contribution in [3.8, 4) is 0 Å². The molecule has 13 heteroatoms. The summed E-state index contributed by atoms with van der Waals surface area (Å²) in [6, 6.07) is 3.16. The van der Waals surface area contributed by atoms with E-state index in [-0.39, 0.29) is 37.1 Å². The van der Waals surface area contributed by atoms with Crippen LogP contribution in [0.2, 0.25) is 0 Å². The lowest BCUT2D eigenvalue weighted by molar-refractivity contribution is -0.139. The summed E-state index contributed by atoms with van der Waals surface area (Å²) in [6.45, 7) is 3.94. The van der Waals surface area contributed by atoms with Crippen molar-refractivity contribution in [1.29, 1.82) is 0 Å². The molecule has 4 aliphatic rings. The maximum Gasteiger partial charge on any atom is 0.338 e. The molecule has 2 saturated heterocycles. The summed E-state index contributed by atoms with van der Waals surface area (Å²) < 4.78 is 51.1. The summed E-state index contributed by atoms with van der Waals surface area (Å²) in [5.41, 5.74) is 0.973. The molecule has 0 spiro atoms. The zero-order chi connectivity index (χ0) is 30.5. The van der Waals surface area contributed by atoms with Crippen LogP contribution < -0.4 is 5.32 Å². The topological polar surface area (TPSA) is 107 Å². The van der Waals surface area contributed by atoms with Crippen LogP contribution in [0.3, 0.4) is 0 Å². The van der Waals surface area contributed by atoms with Gasteiger partial charge in [-0.2, -0.15) is 0 Å². The molecule has 2 unspecified atom stereocenters. The van der Waals surface area contributed by atoms with Crippen molar-refractivity contribution >= 4 is 29.1 Å². The molecule has 3 atom stereocenters. The number of fused-ring (bicyclic) bond motifs is 1. The van der Waals surface area contributed by atoms with Gasteiger partial charge in [-0.3, -0.25) is 14.7 Å². The first kappa shape index (κ1) is 29.8. The highest BCUT2D eigenvalue weighted by molar-refractivity contribution is 7.11. The first-order valence-corrected chi connectivity index (χ1v) is 15.3. The Morgan fingerprint density at radius 1 is 1.26 bits per heavy atom. The van der Waals surface area contributed by atoms with Crippen molar-refractivity contribution < 1.29 is 32.6 Å². The zero-order valence-electron chi connectivity index (χ0n) is 24.0. The van der Waals surface area contributed by atoms with Crippen LogP contribution in [0.4, 0.5) is 13.2 Å². The van der Waals surface area contributed by atoms with Gasteiger partial charge in [-0.1, -0.05) is 12.1 Å². The highest BCUT2D eigenvalue weighted by Gasteiger charge is 2.59. The third kappa shape index (κ3) is 5.82. The minimum Gasteiger partial charge on any atom is -0.481 e. The molecule has 6 rings (SSSR count). The molecule has 1 aromatic heterocycles. The van der Waals surface area contributed by atoms with Crippen molar-refractivity contribution in [2.24, 2.45) is 16.3 Å². The number of halogens is 3. The number of aliphatic carboxylic acids is 1. The number of esters is 1. The number of thiazole rings is 1. The van der Waals surface area contributed by atoms with Gasteiger partial charge < -0.3 is 20.1 Å². The smallest absolute Gasteiger partial charge is 0.338 e. The van der Waals surface area contributed by atoms with Crippen molar-refractivity contribution in [3.05, 3.63) is 63.0 Å². The predicted molar refractivity (Wildman–Crippen MR) is 153 cm³/mol. The van der Waals surface area contributed by atoms with Crippen molar-refractivity contribution in [2.45, 2.75) is 51.1 Å². The SMILES string of the molecule is CCOC(=O)C1=C(CN2CC(F)(F)C3CN(CC4(CC(=O)O)CC4)CC32)NC(c2nccs2)=N[C@H]1c1cccc(F)c1C. The predicted octanol–water partition coefficient (Wildman–Crippen LogP) is 4.01. The van der Waals surface area contributed by atoms with Crippen LogP contribution in [0.25, 0.3) is 0 Å². The van der Waals surface area contributed by atoms with Crippen LogP contribution in [-0.4, -0.2) is 89.0 Å². The number of aromatic nitrogens is 1. The minimum atomic E-state index is -2.97. The molecule has 1 aromatic carbocycles. The van der Waals surface area contributed by atoms with Crippen LogP contribution >= 0.6 is 11.3 Å². The van der Waals surface area contributed by atoms with Crippen LogP contribution in [0.1, 0.15) is 48.4 Å². The molecule has 2 aromatic rings. The van der Waals surface area contributed by atoms with E-state index in [1.54, 1.807) is 42.5 Å². The quantitative estimate of drug-likeness (QED) is 0.386. The van der Waals surface area contributed by atoms with E-state index in [1.807, 2.05) is 4.90 Å². The Labute approximate surface area is 251 Å². The van der Waals surface area contributed by atoms with Crippen LogP contribution in [0, 0.1) is 24.1 Å². The molecule has 3 aliphatic heterocycles. The van der Waals surface area contributed by atoms with Crippen LogP contribution in [-0.2, 0) is 14.3 Å². The number of hydrogen-bond donors (Lipinski definition) is 2. The number of amidine groups is 1. The molecule has 4 heterocycles. The molecule has 2 N–H and O–H groups in total. The lowest BCUT2D eigenvalue weighted by Gasteiger charge is -2.32. The van der Waals surface area contributed by atoms with E-state index in [4.69, 9.17) is 9.73 Å². The maximum absolute atomic E-state index is 15.5. The largest absolute Gasteiger partial charge is 0.481 e. The second kappa shape index (κ2) is 11.3. The van der Waals surface area contributed by atoms with Gasteiger partial charge in [0.2, 0.25) is 0 Å². The van der Waals surface area contributed by atoms with E-state index in [9.17, 15) is 19.1 Å². The monoisotopic (exact) mass is 617 g/mol.